The summed E-state index contributed by atoms with van der Waals surface area (Å²) >= 11 is 12.6. The number of sulfone groups is 1. The van der Waals surface area contributed by atoms with E-state index >= 15 is 0 Å². The number of nitrogens with zero attached hydrogens (tertiary/aromatic N) is 1. The Bertz CT molecular complexity index is 1260. The molecule has 7 nitrogen and oxygen atoms in total. The molecule has 0 spiro atoms. The van der Waals surface area contributed by atoms with Crippen LogP contribution in [0.4, 0.5) is 5.69 Å². The third-order valence-corrected chi connectivity index (χ3v) is 7.28. The van der Waals surface area contributed by atoms with Gasteiger partial charge in [0.15, 0.2) is 10.1 Å². The summed E-state index contributed by atoms with van der Waals surface area (Å²) in [5, 5.41) is 3.08. The Morgan fingerprint density at radius 3 is 2.47 bits per heavy atom. The molecule has 11 heteroatoms. The Morgan fingerprint density at radius 2 is 1.83 bits per heavy atom. The second-order valence-corrected chi connectivity index (χ2v) is 9.86. The van der Waals surface area contributed by atoms with Crippen LogP contribution in [0.25, 0.3) is 0 Å². The van der Waals surface area contributed by atoms with Gasteiger partial charge in [0.05, 0.1) is 26.9 Å². The maximum absolute atomic E-state index is 12.7. The van der Waals surface area contributed by atoms with E-state index < -0.39 is 20.3 Å². The van der Waals surface area contributed by atoms with Crippen molar-refractivity contribution >= 4 is 56.4 Å². The SMILES string of the molecule is Cc1ccc(NC(=O)CSc2ncc(S(=O)(=O)c3ccc(Cl)c(Cl)c3)c(=O)[nH]2)cc1. The predicted octanol–water partition coefficient (Wildman–Crippen LogP) is 3.95. The highest BCUT2D eigenvalue weighted by molar-refractivity contribution is 7.99. The second kappa shape index (κ2) is 9.22. The minimum atomic E-state index is -4.14. The first-order chi connectivity index (χ1) is 14.2. The first-order valence-electron chi connectivity index (χ1n) is 8.45. The van der Waals surface area contributed by atoms with E-state index in [1.54, 1.807) is 12.1 Å². The highest BCUT2D eigenvalue weighted by Gasteiger charge is 2.23. The molecule has 0 saturated heterocycles. The van der Waals surface area contributed by atoms with Crippen LogP contribution in [0.1, 0.15) is 5.56 Å². The number of amides is 1. The normalized spacial score (nSPS) is 11.3. The van der Waals surface area contributed by atoms with Gasteiger partial charge in [0.1, 0.15) is 0 Å². The topological polar surface area (TPSA) is 109 Å². The number of halogens is 2. The van der Waals surface area contributed by atoms with Crippen LogP contribution >= 0.6 is 35.0 Å². The number of hydrogen-bond donors (Lipinski definition) is 2. The Kier molecular flexibility index (Phi) is 6.87. The number of benzene rings is 2. The van der Waals surface area contributed by atoms with E-state index in [2.05, 4.69) is 15.3 Å². The number of H-pyrrole nitrogens is 1. The summed E-state index contributed by atoms with van der Waals surface area (Å²) in [5.41, 5.74) is 0.869. The smallest absolute Gasteiger partial charge is 0.270 e. The van der Waals surface area contributed by atoms with Gasteiger partial charge in [-0.2, -0.15) is 0 Å². The number of thioether (sulfide) groups is 1. The van der Waals surface area contributed by atoms with Crippen LogP contribution in [-0.2, 0) is 14.6 Å². The van der Waals surface area contributed by atoms with Crippen LogP contribution < -0.4 is 10.9 Å². The lowest BCUT2D eigenvalue weighted by atomic mass is 10.2. The van der Waals surface area contributed by atoms with Crippen LogP contribution in [0.2, 0.25) is 10.0 Å². The Labute approximate surface area is 186 Å². The number of carbonyl (C=O) groups excluding carboxylic acids is 1. The maximum Gasteiger partial charge on any atom is 0.270 e. The maximum atomic E-state index is 12.7. The third-order valence-electron chi connectivity index (χ3n) is 3.91. The molecule has 0 aliphatic rings. The lowest BCUT2D eigenvalue weighted by Gasteiger charge is -2.07. The van der Waals surface area contributed by atoms with E-state index in [1.165, 1.54) is 12.1 Å². The van der Waals surface area contributed by atoms with Gasteiger partial charge in [-0.1, -0.05) is 52.7 Å². The summed E-state index contributed by atoms with van der Waals surface area (Å²) in [6.45, 7) is 1.94. The lowest BCUT2D eigenvalue weighted by molar-refractivity contribution is -0.113. The van der Waals surface area contributed by atoms with Crippen molar-refractivity contribution in [3.8, 4) is 0 Å². The van der Waals surface area contributed by atoms with Gasteiger partial charge in [0.25, 0.3) is 5.56 Å². The molecule has 0 aliphatic carbocycles. The van der Waals surface area contributed by atoms with E-state index in [4.69, 9.17) is 23.2 Å². The number of anilines is 1. The molecule has 1 amide bonds. The Hall–Kier alpha value is -2.33. The van der Waals surface area contributed by atoms with E-state index in [0.717, 1.165) is 29.6 Å². The standard InChI is InChI=1S/C19H15Cl2N3O4S2/c1-11-2-4-12(5-3-11)23-17(25)10-29-19-22-9-16(18(26)24-19)30(27,28)13-6-7-14(20)15(21)8-13/h2-9H,10H2,1H3,(H,23,25)(H,22,24,26). The van der Waals surface area contributed by atoms with Crippen LogP contribution in [-0.4, -0.2) is 30.0 Å². The average molecular weight is 484 g/mol. The molecule has 156 valence electrons. The van der Waals surface area contributed by atoms with E-state index in [0.29, 0.717) is 5.69 Å². The molecule has 30 heavy (non-hydrogen) atoms. The van der Waals surface area contributed by atoms with Crippen molar-refractivity contribution in [3.05, 3.63) is 74.6 Å². The molecule has 0 saturated carbocycles. The van der Waals surface area contributed by atoms with Gasteiger partial charge in [0.2, 0.25) is 15.7 Å². The number of rotatable bonds is 6. The first-order valence-corrected chi connectivity index (χ1v) is 11.7. The van der Waals surface area contributed by atoms with Crippen molar-refractivity contribution in [1.82, 2.24) is 9.97 Å². The van der Waals surface area contributed by atoms with Crippen LogP contribution in [0, 0.1) is 6.92 Å². The molecular formula is C19H15Cl2N3O4S2. The van der Waals surface area contributed by atoms with E-state index in [1.807, 2.05) is 19.1 Å². The van der Waals surface area contributed by atoms with E-state index in [9.17, 15) is 18.0 Å². The van der Waals surface area contributed by atoms with Crippen molar-refractivity contribution in [2.75, 3.05) is 11.1 Å². The third kappa shape index (κ3) is 5.23. The minimum absolute atomic E-state index is 0.0181. The van der Waals surface area contributed by atoms with Crippen LogP contribution in [0.3, 0.4) is 0 Å². The zero-order valence-electron chi connectivity index (χ0n) is 15.5. The summed E-state index contributed by atoms with van der Waals surface area (Å²) < 4.78 is 25.4. The minimum Gasteiger partial charge on any atom is -0.325 e. The average Bonchev–Trinajstić information content (AvgIpc) is 2.70. The highest BCUT2D eigenvalue weighted by Crippen LogP contribution is 2.27. The van der Waals surface area contributed by atoms with Crippen LogP contribution in [0.5, 0.6) is 0 Å². The second-order valence-electron chi connectivity index (χ2n) is 6.16. The van der Waals surface area contributed by atoms with Gasteiger partial charge in [-0.3, -0.25) is 9.59 Å². The highest BCUT2D eigenvalue weighted by atomic mass is 35.5. The molecule has 0 atom stereocenters. The zero-order chi connectivity index (χ0) is 21.9. The molecule has 0 fully saturated rings. The molecule has 3 rings (SSSR count). The fraction of sp³-hybridized carbons (Fsp3) is 0.105. The molecule has 1 aromatic heterocycles. The number of nitrogens with one attached hydrogen (secondary N) is 2. The quantitative estimate of drug-likeness (QED) is 0.405. The van der Waals surface area contributed by atoms with Crippen molar-refractivity contribution in [1.29, 1.82) is 0 Å². The van der Waals surface area contributed by atoms with Gasteiger partial charge in [-0.15, -0.1) is 0 Å². The monoisotopic (exact) mass is 483 g/mol. The summed E-state index contributed by atoms with van der Waals surface area (Å²) in [6, 6.07) is 11.0. The van der Waals surface area contributed by atoms with Gasteiger partial charge >= 0.3 is 0 Å². The molecule has 3 aromatic rings. The molecule has 0 aliphatic heterocycles. The van der Waals surface area contributed by atoms with Crippen molar-refractivity contribution in [2.45, 2.75) is 21.9 Å². The Morgan fingerprint density at radius 1 is 1.13 bits per heavy atom. The van der Waals surface area contributed by atoms with Gasteiger partial charge in [-0.25, -0.2) is 13.4 Å². The lowest BCUT2D eigenvalue weighted by Crippen LogP contribution is -2.20. The van der Waals surface area contributed by atoms with Crippen molar-refractivity contribution < 1.29 is 13.2 Å². The fourth-order valence-corrected chi connectivity index (χ4v) is 4.63. The van der Waals surface area contributed by atoms with Gasteiger partial charge < -0.3 is 10.3 Å². The summed E-state index contributed by atoms with van der Waals surface area (Å²) in [4.78, 5) is 30.0. The fourth-order valence-electron chi connectivity index (χ4n) is 2.37. The predicted molar refractivity (Wildman–Crippen MR) is 117 cm³/mol. The first kappa shape index (κ1) is 22.4. The molecule has 2 N–H and O–H groups in total. The largest absolute Gasteiger partial charge is 0.325 e. The van der Waals surface area contributed by atoms with Crippen LogP contribution in [0.15, 0.2) is 68.4 Å². The number of hydrogen-bond acceptors (Lipinski definition) is 6. The zero-order valence-corrected chi connectivity index (χ0v) is 18.6. The molecule has 0 bridgehead atoms. The summed E-state index contributed by atoms with van der Waals surface area (Å²) in [7, 11) is -4.14. The number of aryl methyl sites for hydroxylation is 1. The summed E-state index contributed by atoms with van der Waals surface area (Å²) in [6.07, 6.45) is 0.955. The number of carbonyl (C=O) groups is 1. The number of aromatic amines is 1. The molecule has 2 aromatic carbocycles. The Balaban J connectivity index is 1.71. The van der Waals surface area contributed by atoms with Crippen molar-refractivity contribution in [3.63, 3.8) is 0 Å². The van der Waals surface area contributed by atoms with Gasteiger partial charge in [-0.05, 0) is 37.3 Å². The molecule has 0 radical (unpaired) electrons. The summed E-state index contributed by atoms with van der Waals surface area (Å²) in [5.74, 6) is -0.311. The van der Waals surface area contributed by atoms with E-state index in [-0.39, 0.29) is 31.8 Å². The number of aromatic nitrogens is 2. The molecular weight excluding hydrogens is 469 g/mol. The molecule has 1 heterocycles. The van der Waals surface area contributed by atoms with Crippen molar-refractivity contribution in [2.24, 2.45) is 0 Å². The van der Waals surface area contributed by atoms with Gasteiger partial charge in [0, 0.05) is 5.69 Å². The molecule has 0 unspecified atom stereocenters.